The van der Waals surface area contributed by atoms with Crippen molar-refractivity contribution in [3.05, 3.63) is 78.6 Å². The number of hydrogen-bond acceptors (Lipinski definition) is 2. The molecule has 0 radical (unpaired) electrons. The summed E-state index contributed by atoms with van der Waals surface area (Å²) < 4.78 is 1.94. The van der Waals surface area contributed by atoms with E-state index in [0.29, 0.717) is 0 Å². The number of rotatable bonds is 6. The van der Waals surface area contributed by atoms with Gasteiger partial charge in [0.25, 0.3) is 0 Å². The van der Waals surface area contributed by atoms with Gasteiger partial charge in [-0.3, -0.25) is 4.68 Å². The molecule has 3 aromatic rings. The van der Waals surface area contributed by atoms with Crippen LogP contribution in [0, 0.1) is 0 Å². The Bertz CT molecular complexity index is 643. The van der Waals surface area contributed by atoms with E-state index in [1.807, 2.05) is 29.2 Å². The van der Waals surface area contributed by atoms with Crippen LogP contribution in [0.3, 0.4) is 0 Å². The van der Waals surface area contributed by atoms with Gasteiger partial charge in [-0.25, -0.2) is 0 Å². The maximum atomic E-state index is 4.18. The summed E-state index contributed by atoms with van der Waals surface area (Å²) >= 11 is 0. The van der Waals surface area contributed by atoms with Crippen molar-refractivity contribution in [3.63, 3.8) is 0 Å². The lowest BCUT2D eigenvalue weighted by atomic mass is 10.0. The molecular formula is C18H19N3. The second-order valence-electron chi connectivity index (χ2n) is 5.01. The summed E-state index contributed by atoms with van der Waals surface area (Å²) in [4.78, 5) is 0. The molecule has 3 nitrogen and oxygen atoms in total. The van der Waals surface area contributed by atoms with Crippen LogP contribution in [-0.2, 0) is 13.1 Å². The zero-order valence-corrected chi connectivity index (χ0v) is 11.9. The average molecular weight is 277 g/mol. The van der Waals surface area contributed by atoms with E-state index in [9.17, 15) is 0 Å². The summed E-state index contributed by atoms with van der Waals surface area (Å²) in [5.41, 5.74) is 3.82. The van der Waals surface area contributed by atoms with Crippen LogP contribution in [0.15, 0.2) is 73.1 Å². The molecule has 0 saturated carbocycles. The Balaban J connectivity index is 1.50. The third-order valence-corrected chi connectivity index (χ3v) is 3.47. The third kappa shape index (κ3) is 3.80. The van der Waals surface area contributed by atoms with Crippen LogP contribution in [0.25, 0.3) is 11.1 Å². The van der Waals surface area contributed by atoms with E-state index in [-0.39, 0.29) is 0 Å². The Morgan fingerprint density at radius 2 is 1.62 bits per heavy atom. The van der Waals surface area contributed by atoms with Crippen LogP contribution in [0.2, 0.25) is 0 Å². The molecule has 3 rings (SSSR count). The average Bonchev–Trinajstić information content (AvgIpc) is 3.06. The van der Waals surface area contributed by atoms with Crippen molar-refractivity contribution in [1.82, 2.24) is 15.1 Å². The molecule has 0 aliphatic rings. The van der Waals surface area contributed by atoms with E-state index in [1.165, 1.54) is 16.7 Å². The molecule has 0 saturated heterocycles. The van der Waals surface area contributed by atoms with Gasteiger partial charge < -0.3 is 5.32 Å². The van der Waals surface area contributed by atoms with Crippen molar-refractivity contribution in [2.24, 2.45) is 0 Å². The molecule has 0 unspecified atom stereocenters. The lowest BCUT2D eigenvalue weighted by Crippen LogP contribution is -2.19. The van der Waals surface area contributed by atoms with Gasteiger partial charge in [-0.1, -0.05) is 54.6 Å². The van der Waals surface area contributed by atoms with Gasteiger partial charge in [0.05, 0.1) is 6.54 Å². The van der Waals surface area contributed by atoms with Crippen LogP contribution < -0.4 is 5.32 Å². The summed E-state index contributed by atoms with van der Waals surface area (Å²) in [6, 6.07) is 21.1. The molecule has 1 aromatic heterocycles. The molecule has 0 amide bonds. The highest BCUT2D eigenvalue weighted by Crippen LogP contribution is 2.19. The van der Waals surface area contributed by atoms with E-state index < -0.39 is 0 Å². The predicted molar refractivity (Wildman–Crippen MR) is 85.8 cm³/mol. The molecule has 0 spiro atoms. The second kappa shape index (κ2) is 6.86. The van der Waals surface area contributed by atoms with Gasteiger partial charge in [-0.05, 0) is 22.8 Å². The van der Waals surface area contributed by atoms with Gasteiger partial charge in [0.15, 0.2) is 0 Å². The fourth-order valence-electron chi connectivity index (χ4n) is 2.30. The van der Waals surface area contributed by atoms with Gasteiger partial charge in [-0.15, -0.1) is 0 Å². The van der Waals surface area contributed by atoms with E-state index in [2.05, 4.69) is 58.9 Å². The van der Waals surface area contributed by atoms with Crippen molar-refractivity contribution >= 4 is 0 Å². The smallest absolute Gasteiger partial charge is 0.0534 e. The first-order valence-corrected chi connectivity index (χ1v) is 7.24. The molecule has 0 atom stereocenters. The van der Waals surface area contributed by atoms with Gasteiger partial charge in [-0.2, -0.15) is 5.10 Å². The van der Waals surface area contributed by atoms with Crippen molar-refractivity contribution in [1.29, 1.82) is 0 Å². The monoisotopic (exact) mass is 277 g/mol. The minimum atomic E-state index is 0.885. The predicted octanol–water partition coefficient (Wildman–Crippen LogP) is 3.34. The summed E-state index contributed by atoms with van der Waals surface area (Å²) in [6.07, 6.45) is 3.79. The molecule has 0 fully saturated rings. The van der Waals surface area contributed by atoms with Crippen molar-refractivity contribution in [3.8, 4) is 11.1 Å². The Morgan fingerprint density at radius 3 is 2.33 bits per heavy atom. The minimum Gasteiger partial charge on any atom is -0.311 e. The maximum absolute atomic E-state index is 4.18. The van der Waals surface area contributed by atoms with Crippen LogP contribution in [-0.4, -0.2) is 16.3 Å². The fraction of sp³-hybridized carbons (Fsp3) is 0.167. The zero-order chi connectivity index (χ0) is 14.3. The van der Waals surface area contributed by atoms with Gasteiger partial charge in [0.1, 0.15) is 0 Å². The summed E-state index contributed by atoms with van der Waals surface area (Å²) in [5, 5.41) is 7.62. The molecule has 1 N–H and O–H groups in total. The Labute approximate surface area is 125 Å². The summed E-state index contributed by atoms with van der Waals surface area (Å²) in [7, 11) is 0. The normalized spacial score (nSPS) is 10.7. The fourth-order valence-corrected chi connectivity index (χ4v) is 2.30. The van der Waals surface area contributed by atoms with Crippen molar-refractivity contribution < 1.29 is 0 Å². The summed E-state index contributed by atoms with van der Waals surface area (Å²) in [6.45, 7) is 2.70. The molecular weight excluding hydrogens is 258 g/mol. The van der Waals surface area contributed by atoms with E-state index in [0.717, 1.165) is 19.6 Å². The van der Waals surface area contributed by atoms with E-state index in [4.69, 9.17) is 0 Å². The standard InChI is InChI=1S/C18H19N3/c1-2-5-17(6-3-1)18-9-7-16(8-10-18)15-19-12-14-21-13-4-11-20-21/h1-11,13,19H,12,14-15H2. The Morgan fingerprint density at radius 1 is 0.857 bits per heavy atom. The van der Waals surface area contributed by atoms with Crippen LogP contribution >= 0.6 is 0 Å². The lowest BCUT2D eigenvalue weighted by Gasteiger charge is -2.07. The molecule has 1 heterocycles. The molecule has 21 heavy (non-hydrogen) atoms. The van der Waals surface area contributed by atoms with Crippen LogP contribution in [0.4, 0.5) is 0 Å². The molecule has 0 bridgehead atoms. The highest BCUT2D eigenvalue weighted by molar-refractivity contribution is 5.63. The minimum absolute atomic E-state index is 0.885. The van der Waals surface area contributed by atoms with E-state index in [1.54, 1.807) is 0 Å². The number of hydrogen-bond donors (Lipinski definition) is 1. The quantitative estimate of drug-likeness (QED) is 0.700. The number of nitrogens with zero attached hydrogens (tertiary/aromatic N) is 2. The molecule has 3 heteroatoms. The highest BCUT2D eigenvalue weighted by Gasteiger charge is 1.97. The molecule has 2 aromatic carbocycles. The molecule has 0 aliphatic carbocycles. The topological polar surface area (TPSA) is 29.9 Å². The van der Waals surface area contributed by atoms with Gasteiger partial charge in [0, 0.05) is 25.5 Å². The first kappa shape index (κ1) is 13.6. The number of benzene rings is 2. The zero-order valence-electron chi connectivity index (χ0n) is 11.9. The van der Waals surface area contributed by atoms with Crippen molar-refractivity contribution in [2.75, 3.05) is 6.54 Å². The first-order chi connectivity index (χ1) is 10.4. The SMILES string of the molecule is c1ccc(-c2ccc(CNCCn3cccn3)cc2)cc1. The number of nitrogens with one attached hydrogen (secondary N) is 1. The maximum Gasteiger partial charge on any atom is 0.0534 e. The Hall–Kier alpha value is -2.39. The highest BCUT2D eigenvalue weighted by atomic mass is 15.3. The third-order valence-electron chi connectivity index (χ3n) is 3.47. The van der Waals surface area contributed by atoms with Crippen LogP contribution in [0.5, 0.6) is 0 Å². The molecule has 0 aliphatic heterocycles. The van der Waals surface area contributed by atoms with Gasteiger partial charge in [0.2, 0.25) is 0 Å². The lowest BCUT2D eigenvalue weighted by molar-refractivity contribution is 0.555. The Kier molecular flexibility index (Phi) is 4.44. The van der Waals surface area contributed by atoms with E-state index >= 15 is 0 Å². The number of aromatic nitrogens is 2. The largest absolute Gasteiger partial charge is 0.311 e. The van der Waals surface area contributed by atoms with Gasteiger partial charge >= 0.3 is 0 Å². The van der Waals surface area contributed by atoms with Crippen molar-refractivity contribution in [2.45, 2.75) is 13.1 Å². The molecule has 106 valence electrons. The van der Waals surface area contributed by atoms with Crippen LogP contribution in [0.1, 0.15) is 5.56 Å². The first-order valence-electron chi connectivity index (χ1n) is 7.24. The summed E-state index contributed by atoms with van der Waals surface area (Å²) in [5.74, 6) is 0. The second-order valence-corrected chi connectivity index (χ2v) is 5.01.